The highest BCUT2D eigenvalue weighted by Crippen LogP contribution is 2.32. The lowest BCUT2D eigenvalue weighted by molar-refractivity contribution is 0.100. The molecule has 0 atom stereocenters. The molecule has 3 aromatic carbocycles. The summed E-state index contributed by atoms with van der Waals surface area (Å²) in [4.78, 5) is 11.9. The van der Waals surface area contributed by atoms with Crippen LogP contribution in [0.5, 0.6) is 0 Å². The van der Waals surface area contributed by atoms with Crippen molar-refractivity contribution >= 4 is 27.7 Å². The van der Waals surface area contributed by atoms with Crippen molar-refractivity contribution in [1.82, 2.24) is 4.57 Å². The Kier molecular flexibility index (Phi) is 3.96. The zero-order valence-electron chi connectivity index (χ0n) is 14.4. The first-order chi connectivity index (χ1) is 12.6. The number of benzene rings is 3. The van der Waals surface area contributed by atoms with E-state index < -0.39 is 5.91 Å². The molecule has 0 fully saturated rings. The van der Waals surface area contributed by atoms with E-state index in [1.807, 2.05) is 16.7 Å². The number of nitrogens with two attached hydrogens (primary N) is 1. The molecule has 1 heterocycles. The van der Waals surface area contributed by atoms with Crippen LogP contribution in [-0.2, 0) is 13.0 Å². The maximum Gasteiger partial charge on any atom is 0.249 e. The van der Waals surface area contributed by atoms with Crippen LogP contribution >= 0.6 is 0 Å². The standard InChI is InChI=1S/C22H18FN2O/c1-2-14-5-3-6-15(11-14)13-25-19-8-4-7-18(22(24)26)21(19)17-10-9-16(23)12-20(17)25/h3-9,11-12H,2,13H2,1H3,(H2,24,26). The number of aryl methyl sites for hydroxylation is 1. The highest BCUT2D eigenvalue weighted by molar-refractivity contribution is 6.17. The molecule has 0 spiro atoms. The first kappa shape index (κ1) is 16.3. The Bertz CT molecular complexity index is 1140. The van der Waals surface area contributed by atoms with Gasteiger partial charge in [0.05, 0.1) is 11.0 Å². The van der Waals surface area contributed by atoms with E-state index in [-0.39, 0.29) is 5.82 Å². The molecule has 4 aromatic rings. The minimum Gasteiger partial charge on any atom is -0.366 e. The SMILES string of the molecule is CCc1cccc(Cn2c3cc(F)c[c]c3c3c(C(N)=O)cccc32)c1. The van der Waals surface area contributed by atoms with Crippen LogP contribution in [0.4, 0.5) is 4.39 Å². The van der Waals surface area contributed by atoms with Crippen molar-refractivity contribution in [2.24, 2.45) is 5.73 Å². The van der Waals surface area contributed by atoms with Crippen LogP contribution < -0.4 is 5.73 Å². The van der Waals surface area contributed by atoms with E-state index in [9.17, 15) is 9.18 Å². The average molecular weight is 345 g/mol. The Morgan fingerprint density at radius 2 is 1.88 bits per heavy atom. The van der Waals surface area contributed by atoms with Gasteiger partial charge >= 0.3 is 0 Å². The van der Waals surface area contributed by atoms with Gasteiger partial charge in [0.15, 0.2) is 0 Å². The summed E-state index contributed by atoms with van der Waals surface area (Å²) < 4.78 is 15.9. The van der Waals surface area contributed by atoms with E-state index in [0.29, 0.717) is 23.0 Å². The summed E-state index contributed by atoms with van der Waals surface area (Å²) in [6.07, 6.45) is 0.954. The Morgan fingerprint density at radius 3 is 2.65 bits per heavy atom. The number of halogens is 1. The summed E-state index contributed by atoms with van der Waals surface area (Å²) in [7, 11) is 0. The van der Waals surface area contributed by atoms with Crippen LogP contribution in [0.1, 0.15) is 28.4 Å². The number of primary amides is 1. The van der Waals surface area contributed by atoms with Crippen LogP contribution in [0.25, 0.3) is 21.8 Å². The van der Waals surface area contributed by atoms with Gasteiger partial charge < -0.3 is 10.3 Å². The highest BCUT2D eigenvalue weighted by Gasteiger charge is 2.17. The minimum absolute atomic E-state index is 0.357. The van der Waals surface area contributed by atoms with E-state index in [1.165, 1.54) is 17.7 Å². The third-order valence-electron chi connectivity index (χ3n) is 4.76. The van der Waals surface area contributed by atoms with Gasteiger partial charge in [-0.2, -0.15) is 0 Å². The number of carbonyl (C=O) groups excluding carboxylic acids is 1. The van der Waals surface area contributed by atoms with Gasteiger partial charge in [0.25, 0.3) is 0 Å². The second-order valence-electron chi connectivity index (χ2n) is 6.40. The van der Waals surface area contributed by atoms with Crippen LogP contribution in [0.3, 0.4) is 0 Å². The lowest BCUT2D eigenvalue weighted by atomic mass is 10.1. The number of carbonyl (C=O) groups is 1. The fraction of sp³-hybridized carbons (Fsp3) is 0.136. The Hall–Kier alpha value is -3.14. The van der Waals surface area contributed by atoms with E-state index >= 15 is 0 Å². The van der Waals surface area contributed by atoms with Crippen molar-refractivity contribution in [1.29, 1.82) is 0 Å². The van der Waals surface area contributed by atoms with Gasteiger partial charge in [-0.1, -0.05) is 37.3 Å². The number of nitrogens with zero attached hydrogens (tertiary/aromatic N) is 1. The molecule has 1 amide bonds. The monoisotopic (exact) mass is 345 g/mol. The molecular weight excluding hydrogens is 327 g/mol. The van der Waals surface area contributed by atoms with E-state index in [2.05, 4.69) is 31.2 Å². The molecule has 1 radical (unpaired) electrons. The summed E-state index contributed by atoms with van der Waals surface area (Å²) in [5.41, 5.74) is 9.91. The summed E-state index contributed by atoms with van der Waals surface area (Å²) in [5.74, 6) is -0.857. The topological polar surface area (TPSA) is 48.0 Å². The molecule has 0 saturated heterocycles. The molecule has 4 rings (SSSR count). The van der Waals surface area contributed by atoms with E-state index in [0.717, 1.165) is 22.9 Å². The molecule has 0 unspecified atom stereocenters. The molecule has 2 N–H and O–H groups in total. The third kappa shape index (κ3) is 2.64. The van der Waals surface area contributed by atoms with Crippen molar-refractivity contribution in [3.05, 3.63) is 83.2 Å². The Labute approximate surface area is 150 Å². The fourth-order valence-electron chi connectivity index (χ4n) is 3.54. The molecule has 0 saturated carbocycles. The predicted molar refractivity (Wildman–Crippen MR) is 102 cm³/mol. The van der Waals surface area contributed by atoms with Gasteiger partial charge in [-0.25, -0.2) is 4.39 Å². The van der Waals surface area contributed by atoms with Gasteiger partial charge in [-0.3, -0.25) is 4.79 Å². The molecular formula is C22H18FN2O. The average Bonchev–Trinajstić information content (AvgIpc) is 2.95. The van der Waals surface area contributed by atoms with E-state index in [1.54, 1.807) is 12.1 Å². The quantitative estimate of drug-likeness (QED) is 0.584. The zero-order chi connectivity index (χ0) is 18.3. The summed E-state index contributed by atoms with van der Waals surface area (Å²) >= 11 is 0. The summed E-state index contributed by atoms with van der Waals surface area (Å²) in [5, 5.41) is 1.43. The summed E-state index contributed by atoms with van der Waals surface area (Å²) in [6, 6.07) is 19.5. The Balaban J connectivity index is 2.01. The fourth-order valence-corrected chi connectivity index (χ4v) is 3.54. The van der Waals surface area contributed by atoms with Crippen molar-refractivity contribution in [3.8, 4) is 0 Å². The number of fused-ring (bicyclic) bond motifs is 3. The third-order valence-corrected chi connectivity index (χ3v) is 4.76. The maximum absolute atomic E-state index is 13.9. The molecule has 3 nitrogen and oxygen atoms in total. The zero-order valence-corrected chi connectivity index (χ0v) is 14.4. The smallest absolute Gasteiger partial charge is 0.249 e. The highest BCUT2D eigenvalue weighted by atomic mass is 19.1. The first-order valence-electron chi connectivity index (χ1n) is 8.58. The number of rotatable bonds is 4. The molecule has 4 heteroatoms. The first-order valence-corrected chi connectivity index (χ1v) is 8.58. The van der Waals surface area contributed by atoms with Gasteiger partial charge in [-0.15, -0.1) is 0 Å². The molecule has 0 aliphatic rings. The molecule has 0 aliphatic heterocycles. The van der Waals surface area contributed by atoms with Crippen molar-refractivity contribution < 1.29 is 9.18 Å². The van der Waals surface area contributed by atoms with Gasteiger partial charge in [0.1, 0.15) is 5.82 Å². The van der Waals surface area contributed by atoms with E-state index in [4.69, 9.17) is 5.73 Å². The number of hydrogen-bond acceptors (Lipinski definition) is 1. The molecule has 1 aromatic heterocycles. The normalized spacial score (nSPS) is 11.3. The lowest BCUT2D eigenvalue weighted by Gasteiger charge is -2.09. The van der Waals surface area contributed by atoms with Gasteiger partial charge in [0, 0.05) is 22.9 Å². The number of hydrogen-bond donors (Lipinski definition) is 1. The minimum atomic E-state index is -0.500. The molecule has 0 aliphatic carbocycles. The largest absolute Gasteiger partial charge is 0.366 e. The maximum atomic E-state index is 13.9. The molecule has 129 valence electrons. The van der Waals surface area contributed by atoms with Crippen molar-refractivity contribution in [2.75, 3.05) is 0 Å². The van der Waals surface area contributed by atoms with Crippen LogP contribution in [0.15, 0.2) is 54.6 Å². The lowest BCUT2D eigenvalue weighted by Crippen LogP contribution is -2.11. The van der Waals surface area contributed by atoms with Gasteiger partial charge in [0.2, 0.25) is 5.91 Å². The van der Waals surface area contributed by atoms with Gasteiger partial charge in [-0.05, 0) is 47.9 Å². The second-order valence-corrected chi connectivity index (χ2v) is 6.40. The van der Waals surface area contributed by atoms with Crippen molar-refractivity contribution in [3.63, 3.8) is 0 Å². The van der Waals surface area contributed by atoms with Crippen LogP contribution in [0, 0.1) is 11.9 Å². The van der Waals surface area contributed by atoms with Crippen LogP contribution in [0.2, 0.25) is 0 Å². The molecule has 26 heavy (non-hydrogen) atoms. The predicted octanol–water partition coefficient (Wildman–Crippen LogP) is 4.44. The second kappa shape index (κ2) is 6.30. The number of amides is 1. The number of aromatic nitrogens is 1. The summed E-state index contributed by atoms with van der Waals surface area (Å²) in [6.45, 7) is 2.69. The Morgan fingerprint density at radius 1 is 1.12 bits per heavy atom. The van der Waals surface area contributed by atoms with Crippen LogP contribution in [-0.4, -0.2) is 10.5 Å². The molecule has 0 bridgehead atoms. The van der Waals surface area contributed by atoms with Crippen molar-refractivity contribution in [2.45, 2.75) is 19.9 Å².